The second-order valence-electron chi connectivity index (χ2n) is 4.69. The molecule has 2 rings (SSSR count). The van der Waals surface area contributed by atoms with Gasteiger partial charge < -0.3 is 10.1 Å². The Hall–Kier alpha value is -2.28. The summed E-state index contributed by atoms with van der Waals surface area (Å²) in [5.41, 5.74) is 1.68. The Labute approximate surface area is 136 Å². The predicted molar refractivity (Wildman–Crippen MR) is 85.7 cm³/mol. The maximum atomic E-state index is 12.0. The fraction of sp³-hybridized carbons (Fsp3) is 0.250. The van der Waals surface area contributed by atoms with Crippen molar-refractivity contribution in [1.82, 2.24) is 10.3 Å². The van der Waals surface area contributed by atoms with Crippen molar-refractivity contribution >= 4 is 23.3 Å². The van der Waals surface area contributed by atoms with Gasteiger partial charge in [0.1, 0.15) is 5.75 Å². The van der Waals surface area contributed by atoms with Gasteiger partial charge in [0.25, 0.3) is 0 Å². The molecule has 23 heavy (non-hydrogen) atoms. The Kier molecular flexibility index (Phi) is 6.22. The minimum atomic E-state index is -2.83. The zero-order chi connectivity index (χ0) is 16.7. The van der Waals surface area contributed by atoms with Crippen LogP contribution >= 0.6 is 11.3 Å². The third-order valence-electron chi connectivity index (χ3n) is 2.90. The number of amides is 1. The molecule has 1 amide bonds. The molecule has 0 spiro atoms. The molecule has 1 aromatic carbocycles. The first-order valence-electron chi connectivity index (χ1n) is 6.95. The van der Waals surface area contributed by atoms with Gasteiger partial charge in [0.05, 0.1) is 10.7 Å². The van der Waals surface area contributed by atoms with Gasteiger partial charge in [-0.3, -0.25) is 4.79 Å². The van der Waals surface area contributed by atoms with Gasteiger partial charge in [-0.1, -0.05) is 12.1 Å². The van der Waals surface area contributed by atoms with Crippen molar-refractivity contribution in [2.75, 3.05) is 6.54 Å². The van der Waals surface area contributed by atoms with Crippen LogP contribution < -0.4 is 10.1 Å². The Morgan fingerprint density at radius 1 is 1.39 bits per heavy atom. The van der Waals surface area contributed by atoms with E-state index in [9.17, 15) is 13.6 Å². The zero-order valence-electron chi connectivity index (χ0n) is 12.5. The van der Waals surface area contributed by atoms with Crippen molar-refractivity contribution in [3.05, 3.63) is 52.0 Å². The summed E-state index contributed by atoms with van der Waals surface area (Å²) >= 11 is 1.52. The molecular weight excluding hydrogens is 322 g/mol. The number of alkyl halides is 2. The van der Waals surface area contributed by atoms with Crippen molar-refractivity contribution in [2.45, 2.75) is 20.0 Å². The molecule has 0 aliphatic carbocycles. The molecule has 4 nitrogen and oxygen atoms in total. The van der Waals surface area contributed by atoms with E-state index in [0.717, 1.165) is 16.3 Å². The van der Waals surface area contributed by atoms with E-state index in [1.54, 1.807) is 18.2 Å². The van der Waals surface area contributed by atoms with Crippen LogP contribution in [-0.4, -0.2) is 24.0 Å². The highest BCUT2D eigenvalue weighted by atomic mass is 32.1. The number of halogens is 2. The molecule has 0 atom stereocenters. The van der Waals surface area contributed by atoms with Crippen LogP contribution in [0.4, 0.5) is 8.78 Å². The number of benzene rings is 1. The standard InChI is InChI=1S/C16H16F2N2O2S/c1-11-20-13(10-23-11)4-7-15(21)19-9-8-12-2-5-14(6-3-12)22-16(17)18/h2-7,10,16H,8-9H2,1H3,(H,19,21)/b7-4+. The van der Waals surface area contributed by atoms with E-state index < -0.39 is 6.61 Å². The number of carbonyl (C=O) groups is 1. The number of rotatable bonds is 7. The van der Waals surface area contributed by atoms with Crippen molar-refractivity contribution in [3.8, 4) is 5.75 Å². The molecule has 1 heterocycles. The fourth-order valence-corrected chi connectivity index (χ4v) is 2.42. The minimum absolute atomic E-state index is 0.120. The third-order valence-corrected chi connectivity index (χ3v) is 3.70. The fourth-order valence-electron chi connectivity index (χ4n) is 1.84. The van der Waals surface area contributed by atoms with Gasteiger partial charge in [-0.2, -0.15) is 8.78 Å². The van der Waals surface area contributed by atoms with Gasteiger partial charge in [-0.05, 0) is 37.1 Å². The Morgan fingerprint density at radius 2 is 2.13 bits per heavy atom. The van der Waals surface area contributed by atoms with E-state index in [2.05, 4.69) is 15.0 Å². The Bertz CT molecular complexity index is 669. The van der Waals surface area contributed by atoms with E-state index >= 15 is 0 Å². The van der Waals surface area contributed by atoms with Crippen LogP contribution in [0.25, 0.3) is 6.08 Å². The summed E-state index contributed by atoms with van der Waals surface area (Å²) in [6, 6.07) is 6.34. The van der Waals surface area contributed by atoms with Crippen LogP contribution in [0.1, 0.15) is 16.3 Å². The Balaban J connectivity index is 1.73. The molecule has 0 radical (unpaired) electrons. The number of ether oxygens (including phenoxy) is 1. The highest BCUT2D eigenvalue weighted by molar-refractivity contribution is 7.09. The first kappa shape index (κ1) is 17.1. The van der Waals surface area contributed by atoms with Gasteiger partial charge in [0.15, 0.2) is 0 Å². The van der Waals surface area contributed by atoms with E-state index in [0.29, 0.717) is 13.0 Å². The van der Waals surface area contributed by atoms with Crippen LogP contribution in [-0.2, 0) is 11.2 Å². The molecule has 1 N–H and O–H groups in total. The number of hydrogen-bond acceptors (Lipinski definition) is 4. The molecule has 2 aromatic rings. The van der Waals surface area contributed by atoms with Crippen LogP contribution in [0, 0.1) is 6.92 Å². The van der Waals surface area contributed by atoms with Crippen molar-refractivity contribution in [2.24, 2.45) is 0 Å². The quantitative estimate of drug-likeness (QED) is 0.787. The van der Waals surface area contributed by atoms with Crippen LogP contribution in [0.5, 0.6) is 5.75 Å². The third kappa shape index (κ3) is 6.15. The van der Waals surface area contributed by atoms with Crippen LogP contribution in [0.2, 0.25) is 0 Å². The van der Waals surface area contributed by atoms with E-state index in [1.165, 1.54) is 29.5 Å². The average molecular weight is 338 g/mol. The van der Waals surface area contributed by atoms with E-state index in [-0.39, 0.29) is 11.7 Å². The molecule has 0 saturated heterocycles. The molecule has 1 aromatic heterocycles. The summed E-state index contributed by atoms with van der Waals surface area (Å²) in [5, 5.41) is 5.58. The maximum absolute atomic E-state index is 12.0. The van der Waals surface area contributed by atoms with Crippen molar-refractivity contribution < 1.29 is 18.3 Å². The number of aromatic nitrogens is 1. The normalized spacial score (nSPS) is 11.1. The van der Waals surface area contributed by atoms with E-state index in [1.807, 2.05) is 12.3 Å². The van der Waals surface area contributed by atoms with Gasteiger partial charge in [0.2, 0.25) is 5.91 Å². The van der Waals surface area contributed by atoms with Crippen LogP contribution in [0.3, 0.4) is 0 Å². The van der Waals surface area contributed by atoms with E-state index in [4.69, 9.17) is 0 Å². The molecule has 0 saturated carbocycles. The van der Waals surface area contributed by atoms with Crippen LogP contribution in [0.15, 0.2) is 35.7 Å². The van der Waals surface area contributed by atoms with Crippen molar-refractivity contribution in [3.63, 3.8) is 0 Å². The van der Waals surface area contributed by atoms with Gasteiger partial charge in [0, 0.05) is 18.0 Å². The summed E-state index contributed by atoms with van der Waals surface area (Å²) in [5.74, 6) is -0.0809. The number of hydrogen-bond donors (Lipinski definition) is 1. The second kappa shape index (κ2) is 8.38. The molecule has 0 fully saturated rings. The topological polar surface area (TPSA) is 51.2 Å². The van der Waals surface area contributed by atoms with Crippen molar-refractivity contribution in [1.29, 1.82) is 0 Å². The van der Waals surface area contributed by atoms with Gasteiger partial charge in [-0.25, -0.2) is 4.98 Å². The lowest BCUT2D eigenvalue weighted by Crippen LogP contribution is -2.23. The van der Waals surface area contributed by atoms with Gasteiger partial charge >= 0.3 is 6.61 Å². The number of nitrogens with zero attached hydrogens (tertiary/aromatic N) is 1. The minimum Gasteiger partial charge on any atom is -0.435 e. The summed E-state index contributed by atoms with van der Waals surface area (Å²) in [4.78, 5) is 15.9. The SMILES string of the molecule is Cc1nc(/C=C/C(=O)NCCc2ccc(OC(F)F)cc2)cs1. The summed E-state index contributed by atoms with van der Waals surface area (Å²) in [6.07, 6.45) is 3.70. The predicted octanol–water partition coefficient (Wildman–Crippen LogP) is 3.43. The molecule has 0 unspecified atom stereocenters. The highest BCUT2D eigenvalue weighted by Crippen LogP contribution is 2.15. The maximum Gasteiger partial charge on any atom is 0.387 e. The first-order chi connectivity index (χ1) is 11.0. The lowest BCUT2D eigenvalue weighted by Gasteiger charge is -2.06. The largest absolute Gasteiger partial charge is 0.435 e. The lowest BCUT2D eigenvalue weighted by molar-refractivity contribution is -0.116. The number of carbonyl (C=O) groups excluding carboxylic acids is 1. The molecular formula is C16H16F2N2O2S. The monoisotopic (exact) mass is 338 g/mol. The van der Waals surface area contributed by atoms with Gasteiger partial charge in [-0.15, -0.1) is 11.3 Å². The number of nitrogens with one attached hydrogen (secondary N) is 1. The molecule has 0 bridgehead atoms. The summed E-state index contributed by atoms with van der Waals surface area (Å²) in [6.45, 7) is -0.470. The average Bonchev–Trinajstić information content (AvgIpc) is 2.92. The first-order valence-corrected chi connectivity index (χ1v) is 7.82. The number of thiazole rings is 1. The smallest absolute Gasteiger partial charge is 0.387 e. The zero-order valence-corrected chi connectivity index (χ0v) is 13.3. The summed E-state index contributed by atoms with van der Waals surface area (Å²) < 4.78 is 28.3. The second-order valence-corrected chi connectivity index (χ2v) is 5.75. The molecule has 0 aliphatic rings. The number of aryl methyl sites for hydroxylation is 1. The lowest BCUT2D eigenvalue weighted by atomic mass is 10.1. The molecule has 0 aliphatic heterocycles. The molecule has 122 valence electrons. The Morgan fingerprint density at radius 3 is 2.74 bits per heavy atom. The highest BCUT2D eigenvalue weighted by Gasteiger charge is 2.04. The summed E-state index contributed by atoms with van der Waals surface area (Å²) in [7, 11) is 0. The molecule has 7 heteroatoms.